The number of fused-ring (bicyclic) bond motifs is 1. The van der Waals surface area contributed by atoms with Gasteiger partial charge < -0.3 is 4.42 Å². The third-order valence-electron chi connectivity index (χ3n) is 1.64. The zero-order chi connectivity index (χ0) is 8.55. The fraction of sp³-hybridized carbons (Fsp3) is 0.125. The molecule has 0 unspecified atom stereocenters. The van der Waals surface area contributed by atoms with Gasteiger partial charge in [0, 0.05) is 5.88 Å². The lowest BCUT2D eigenvalue weighted by Gasteiger charge is -1.91. The third-order valence-corrected chi connectivity index (χ3v) is 1.95. The number of hydrogen-bond acceptors (Lipinski definition) is 2. The highest BCUT2D eigenvalue weighted by atomic mass is 35.5. The Balaban J connectivity index is 2.74. The number of rotatable bonds is 1. The average Bonchev–Trinajstić information content (AvgIpc) is 2.43. The average molecular weight is 184 g/mol. The van der Waals surface area contributed by atoms with Gasteiger partial charge >= 0.3 is 5.76 Å². The van der Waals surface area contributed by atoms with Gasteiger partial charge in [0.15, 0.2) is 5.58 Å². The number of hydrogen-bond donors (Lipinski definition) is 1. The zero-order valence-electron chi connectivity index (χ0n) is 6.13. The summed E-state index contributed by atoms with van der Waals surface area (Å²) in [5, 5.41) is 0. The second-order valence-electron chi connectivity index (χ2n) is 2.48. The number of aromatic nitrogens is 1. The molecule has 3 nitrogen and oxygen atoms in total. The van der Waals surface area contributed by atoms with E-state index in [-0.39, 0.29) is 0 Å². The number of nitrogens with one attached hydrogen (secondary N) is 1. The summed E-state index contributed by atoms with van der Waals surface area (Å²) >= 11 is 5.60. The van der Waals surface area contributed by atoms with Crippen molar-refractivity contribution in [1.82, 2.24) is 4.98 Å². The predicted octanol–water partition coefficient (Wildman–Crippen LogP) is 1.86. The Bertz CT molecular complexity index is 457. The molecule has 0 aliphatic heterocycles. The molecule has 12 heavy (non-hydrogen) atoms. The fourth-order valence-corrected chi connectivity index (χ4v) is 1.24. The summed E-state index contributed by atoms with van der Waals surface area (Å²) in [7, 11) is 0. The van der Waals surface area contributed by atoms with Crippen LogP contribution in [0.2, 0.25) is 0 Å². The first-order chi connectivity index (χ1) is 5.79. The van der Waals surface area contributed by atoms with Crippen molar-refractivity contribution in [2.24, 2.45) is 0 Å². The normalized spacial score (nSPS) is 10.8. The van der Waals surface area contributed by atoms with E-state index < -0.39 is 5.76 Å². The van der Waals surface area contributed by atoms with E-state index in [0.29, 0.717) is 17.0 Å². The monoisotopic (exact) mass is 183 g/mol. The summed E-state index contributed by atoms with van der Waals surface area (Å²) < 4.78 is 4.84. The molecular weight excluding hydrogens is 178 g/mol. The van der Waals surface area contributed by atoms with E-state index >= 15 is 0 Å². The number of alkyl halides is 1. The van der Waals surface area contributed by atoms with Crippen LogP contribution in [0.15, 0.2) is 27.4 Å². The quantitative estimate of drug-likeness (QED) is 0.686. The number of H-pyrrole nitrogens is 1. The van der Waals surface area contributed by atoms with Crippen LogP contribution in [0.3, 0.4) is 0 Å². The topological polar surface area (TPSA) is 46.0 Å². The van der Waals surface area contributed by atoms with Crippen LogP contribution in [0, 0.1) is 0 Å². The molecule has 1 aromatic carbocycles. The molecule has 0 bridgehead atoms. The maximum atomic E-state index is 10.7. The summed E-state index contributed by atoms with van der Waals surface area (Å²) in [5.41, 5.74) is 2.19. The van der Waals surface area contributed by atoms with Crippen LogP contribution in [-0.2, 0) is 5.88 Å². The molecule has 1 N–H and O–H groups in total. The molecule has 0 amide bonds. The SMILES string of the molecule is O=c1[nH]c2ccc(CCl)cc2o1. The highest BCUT2D eigenvalue weighted by Gasteiger charge is 2.00. The summed E-state index contributed by atoms with van der Waals surface area (Å²) in [6.07, 6.45) is 0. The number of oxazole rings is 1. The van der Waals surface area contributed by atoms with Gasteiger partial charge in [0.2, 0.25) is 0 Å². The zero-order valence-corrected chi connectivity index (χ0v) is 6.89. The molecule has 4 heteroatoms. The first kappa shape index (κ1) is 7.43. The summed E-state index contributed by atoms with van der Waals surface area (Å²) in [6, 6.07) is 5.37. The minimum Gasteiger partial charge on any atom is -0.408 e. The van der Waals surface area contributed by atoms with Crippen molar-refractivity contribution in [2.75, 3.05) is 0 Å². The third kappa shape index (κ3) is 1.12. The van der Waals surface area contributed by atoms with E-state index in [0.717, 1.165) is 5.56 Å². The first-order valence-electron chi connectivity index (χ1n) is 3.47. The minimum absolute atomic E-state index is 0.421. The van der Waals surface area contributed by atoms with Crippen LogP contribution >= 0.6 is 11.6 Å². The van der Waals surface area contributed by atoms with E-state index in [1.165, 1.54) is 0 Å². The van der Waals surface area contributed by atoms with Gasteiger partial charge in [-0.3, -0.25) is 4.98 Å². The van der Waals surface area contributed by atoms with Crippen LogP contribution in [0.1, 0.15) is 5.56 Å². The van der Waals surface area contributed by atoms with Crippen molar-refractivity contribution < 1.29 is 4.42 Å². The Hall–Kier alpha value is -1.22. The van der Waals surface area contributed by atoms with Gasteiger partial charge in [-0.05, 0) is 17.7 Å². The Labute approximate surface area is 73.0 Å². The Morgan fingerprint density at radius 3 is 3.08 bits per heavy atom. The lowest BCUT2D eigenvalue weighted by molar-refractivity contribution is 0.555. The largest absolute Gasteiger partial charge is 0.417 e. The van der Waals surface area contributed by atoms with Gasteiger partial charge in [0.1, 0.15) is 0 Å². The summed E-state index contributed by atoms with van der Waals surface area (Å²) in [4.78, 5) is 13.3. The molecule has 0 spiro atoms. The second-order valence-corrected chi connectivity index (χ2v) is 2.75. The first-order valence-corrected chi connectivity index (χ1v) is 4.01. The molecular formula is C8H6ClNO2. The molecule has 0 saturated carbocycles. The molecule has 0 atom stereocenters. The van der Waals surface area contributed by atoms with Gasteiger partial charge in [-0.25, -0.2) is 4.79 Å². The molecule has 2 aromatic rings. The number of halogens is 1. The van der Waals surface area contributed by atoms with Crippen LogP contribution in [0.5, 0.6) is 0 Å². The standard InChI is InChI=1S/C8H6ClNO2/c9-4-5-1-2-6-7(3-5)12-8(11)10-6/h1-3H,4H2,(H,10,11). The summed E-state index contributed by atoms with van der Waals surface area (Å²) in [5.74, 6) is -0.0121. The van der Waals surface area contributed by atoms with E-state index in [1.807, 2.05) is 6.07 Å². The molecule has 0 saturated heterocycles. The highest BCUT2D eigenvalue weighted by molar-refractivity contribution is 6.17. The van der Waals surface area contributed by atoms with Gasteiger partial charge in [0.05, 0.1) is 5.52 Å². The van der Waals surface area contributed by atoms with Gasteiger partial charge in [-0.1, -0.05) is 6.07 Å². The minimum atomic E-state index is -0.434. The van der Waals surface area contributed by atoms with Crippen molar-refractivity contribution in [3.05, 3.63) is 34.3 Å². The lowest BCUT2D eigenvalue weighted by Crippen LogP contribution is -1.92. The van der Waals surface area contributed by atoms with E-state index in [9.17, 15) is 4.79 Å². The Morgan fingerprint density at radius 1 is 1.50 bits per heavy atom. The van der Waals surface area contributed by atoms with E-state index in [4.69, 9.17) is 16.0 Å². The van der Waals surface area contributed by atoms with Crippen LogP contribution in [0.25, 0.3) is 11.1 Å². The van der Waals surface area contributed by atoms with Crippen LogP contribution in [-0.4, -0.2) is 4.98 Å². The van der Waals surface area contributed by atoms with E-state index in [2.05, 4.69) is 4.98 Å². The fourth-order valence-electron chi connectivity index (χ4n) is 1.07. The molecule has 0 aliphatic rings. The number of benzene rings is 1. The van der Waals surface area contributed by atoms with Crippen molar-refractivity contribution >= 4 is 22.7 Å². The van der Waals surface area contributed by atoms with Crippen molar-refractivity contribution in [1.29, 1.82) is 0 Å². The lowest BCUT2D eigenvalue weighted by atomic mass is 10.2. The number of aromatic amines is 1. The summed E-state index contributed by atoms with van der Waals surface area (Å²) in [6.45, 7) is 0. The maximum absolute atomic E-state index is 10.7. The smallest absolute Gasteiger partial charge is 0.408 e. The molecule has 2 rings (SSSR count). The Morgan fingerprint density at radius 2 is 2.33 bits per heavy atom. The van der Waals surface area contributed by atoms with Crippen LogP contribution in [0.4, 0.5) is 0 Å². The Kier molecular flexibility index (Phi) is 1.66. The molecule has 0 aliphatic carbocycles. The van der Waals surface area contributed by atoms with Gasteiger partial charge in [-0.15, -0.1) is 11.6 Å². The maximum Gasteiger partial charge on any atom is 0.417 e. The predicted molar refractivity (Wildman–Crippen MR) is 46.4 cm³/mol. The second kappa shape index (κ2) is 2.68. The van der Waals surface area contributed by atoms with Crippen molar-refractivity contribution in [2.45, 2.75) is 5.88 Å². The molecule has 1 aromatic heterocycles. The van der Waals surface area contributed by atoms with Crippen LogP contribution < -0.4 is 5.76 Å². The highest BCUT2D eigenvalue weighted by Crippen LogP contribution is 2.13. The van der Waals surface area contributed by atoms with Gasteiger partial charge in [-0.2, -0.15) is 0 Å². The molecule has 1 heterocycles. The van der Waals surface area contributed by atoms with Crippen molar-refractivity contribution in [3.63, 3.8) is 0 Å². The molecule has 0 radical (unpaired) electrons. The molecule has 0 fully saturated rings. The van der Waals surface area contributed by atoms with E-state index in [1.54, 1.807) is 12.1 Å². The van der Waals surface area contributed by atoms with Gasteiger partial charge in [0.25, 0.3) is 0 Å². The van der Waals surface area contributed by atoms with Crippen molar-refractivity contribution in [3.8, 4) is 0 Å². The molecule has 62 valence electrons.